The van der Waals surface area contributed by atoms with Crippen LogP contribution < -0.4 is 5.56 Å². The average Bonchev–Trinajstić information content (AvgIpc) is 3.09. The Bertz CT molecular complexity index is 816. The van der Waals surface area contributed by atoms with Gasteiger partial charge in [0, 0.05) is 13.1 Å². The van der Waals surface area contributed by atoms with Gasteiger partial charge < -0.3 is 19.0 Å². The predicted octanol–water partition coefficient (Wildman–Crippen LogP) is 0.837. The molecular formula is C14H14N4O4. The van der Waals surface area contributed by atoms with Gasteiger partial charge in [-0.05, 0) is 12.8 Å². The maximum Gasteiger partial charge on any atom is 0.302 e. The first kappa shape index (κ1) is 14.3. The highest BCUT2D eigenvalue weighted by Gasteiger charge is 2.29. The molecular weight excluding hydrogens is 288 g/mol. The molecule has 2 atom stereocenters. The average molecular weight is 302 g/mol. The van der Waals surface area contributed by atoms with Gasteiger partial charge in [-0.1, -0.05) is 0 Å². The maximum atomic E-state index is 11.9. The summed E-state index contributed by atoms with van der Waals surface area (Å²) in [6.07, 6.45) is 3.76. The lowest BCUT2D eigenvalue weighted by Gasteiger charge is -2.15. The minimum atomic E-state index is -0.352. The number of aromatic amines is 1. The highest BCUT2D eigenvalue weighted by molar-refractivity contribution is 5.82. The van der Waals surface area contributed by atoms with Gasteiger partial charge in [0.25, 0.3) is 5.56 Å². The van der Waals surface area contributed by atoms with E-state index in [1.807, 2.05) is 6.07 Å². The van der Waals surface area contributed by atoms with E-state index in [9.17, 15) is 14.9 Å². The van der Waals surface area contributed by atoms with Gasteiger partial charge in [0.15, 0.2) is 5.65 Å². The standard InChI is InChI=1S/C14H14N4O4/c1-8(19)21-6-10-2-3-11(22-10)18-5-9(4-15)12-13(18)16-7-17-14(12)20/h5,7,10-11H,2-3,6H2,1H3,(H,16,17,20)/t10?,11-/m1/s1. The number of hydrogen-bond acceptors (Lipinski definition) is 6. The van der Waals surface area contributed by atoms with Crippen molar-refractivity contribution in [3.63, 3.8) is 0 Å². The van der Waals surface area contributed by atoms with Gasteiger partial charge in [-0.2, -0.15) is 5.26 Å². The van der Waals surface area contributed by atoms with Crippen molar-refractivity contribution in [1.82, 2.24) is 14.5 Å². The van der Waals surface area contributed by atoms with Crippen molar-refractivity contribution < 1.29 is 14.3 Å². The number of hydrogen-bond donors (Lipinski definition) is 1. The molecule has 1 aliphatic heterocycles. The summed E-state index contributed by atoms with van der Waals surface area (Å²) in [4.78, 5) is 29.3. The molecule has 1 fully saturated rings. The van der Waals surface area contributed by atoms with E-state index in [-0.39, 0.29) is 41.4 Å². The van der Waals surface area contributed by atoms with Crippen LogP contribution in [0.3, 0.4) is 0 Å². The Morgan fingerprint density at radius 2 is 2.45 bits per heavy atom. The SMILES string of the molecule is CC(=O)OCC1CC[C@H](n2cc(C#N)c3c(=O)[nH]cnc32)O1. The Labute approximate surface area is 125 Å². The Balaban J connectivity index is 1.89. The van der Waals surface area contributed by atoms with Crippen LogP contribution in [-0.2, 0) is 14.3 Å². The zero-order valence-electron chi connectivity index (χ0n) is 11.9. The van der Waals surface area contributed by atoms with Crippen molar-refractivity contribution >= 4 is 17.0 Å². The van der Waals surface area contributed by atoms with Crippen LogP contribution in [-0.4, -0.2) is 33.2 Å². The number of nitrogens with one attached hydrogen (secondary N) is 1. The fraction of sp³-hybridized carbons (Fsp3) is 0.429. The highest BCUT2D eigenvalue weighted by atomic mass is 16.6. The van der Waals surface area contributed by atoms with Crippen LogP contribution in [0.1, 0.15) is 31.6 Å². The maximum absolute atomic E-state index is 11.9. The number of esters is 1. The lowest BCUT2D eigenvalue weighted by molar-refractivity contribution is -0.145. The molecule has 0 aromatic carbocycles. The van der Waals surface area contributed by atoms with E-state index in [0.29, 0.717) is 12.1 Å². The van der Waals surface area contributed by atoms with Gasteiger partial charge in [-0.25, -0.2) is 4.98 Å². The van der Waals surface area contributed by atoms with Crippen molar-refractivity contribution in [2.75, 3.05) is 6.61 Å². The molecule has 0 bridgehead atoms. The smallest absolute Gasteiger partial charge is 0.302 e. The summed E-state index contributed by atoms with van der Waals surface area (Å²) in [5.41, 5.74) is 0.324. The molecule has 1 unspecified atom stereocenters. The van der Waals surface area contributed by atoms with E-state index < -0.39 is 0 Å². The number of nitriles is 1. The summed E-state index contributed by atoms with van der Waals surface area (Å²) < 4.78 is 12.5. The third kappa shape index (κ3) is 2.46. The van der Waals surface area contributed by atoms with Crippen LogP contribution in [0.2, 0.25) is 0 Å². The number of ether oxygens (including phenoxy) is 2. The number of nitrogens with zero attached hydrogens (tertiary/aromatic N) is 3. The number of H-pyrrole nitrogens is 1. The molecule has 3 heterocycles. The van der Waals surface area contributed by atoms with Crippen molar-refractivity contribution in [2.45, 2.75) is 32.1 Å². The fourth-order valence-electron chi connectivity index (χ4n) is 2.62. The number of carbonyl (C=O) groups excluding carboxylic acids is 1. The van der Waals surface area contributed by atoms with Gasteiger partial charge in [0.05, 0.1) is 18.0 Å². The van der Waals surface area contributed by atoms with Gasteiger partial charge in [-0.15, -0.1) is 0 Å². The van der Waals surface area contributed by atoms with Crippen LogP contribution in [0, 0.1) is 11.3 Å². The third-order valence-corrected chi connectivity index (χ3v) is 3.60. The second-order valence-electron chi connectivity index (χ2n) is 5.08. The van der Waals surface area contributed by atoms with Crippen LogP contribution >= 0.6 is 0 Å². The van der Waals surface area contributed by atoms with Crippen molar-refractivity contribution in [2.24, 2.45) is 0 Å². The molecule has 0 aliphatic carbocycles. The zero-order valence-corrected chi connectivity index (χ0v) is 11.9. The minimum absolute atomic E-state index is 0.195. The summed E-state index contributed by atoms with van der Waals surface area (Å²) in [6.45, 7) is 1.55. The fourth-order valence-corrected chi connectivity index (χ4v) is 2.62. The molecule has 0 saturated carbocycles. The first-order valence-electron chi connectivity index (χ1n) is 6.87. The minimum Gasteiger partial charge on any atom is -0.463 e. The van der Waals surface area contributed by atoms with E-state index in [1.165, 1.54) is 13.3 Å². The second kappa shape index (κ2) is 5.61. The van der Waals surface area contributed by atoms with E-state index in [4.69, 9.17) is 9.47 Å². The first-order valence-corrected chi connectivity index (χ1v) is 6.87. The highest BCUT2D eigenvalue weighted by Crippen LogP contribution is 2.31. The Hall–Kier alpha value is -2.66. The molecule has 1 aliphatic rings. The monoisotopic (exact) mass is 302 g/mol. The Morgan fingerprint density at radius 3 is 3.18 bits per heavy atom. The lowest BCUT2D eigenvalue weighted by atomic mass is 10.2. The molecule has 0 radical (unpaired) electrons. The number of fused-ring (bicyclic) bond motifs is 1. The molecule has 2 aromatic rings. The van der Waals surface area contributed by atoms with Crippen LogP contribution in [0.15, 0.2) is 17.3 Å². The molecule has 1 saturated heterocycles. The summed E-state index contributed by atoms with van der Waals surface area (Å²) in [7, 11) is 0. The molecule has 3 rings (SSSR count). The molecule has 8 heteroatoms. The van der Waals surface area contributed by atoms with Crippen molar-refractivity contribution in [3.8, 4) is 6.07 Å². The summed E-state index contributed by atoms with van der Waals surface area (Å²) >= 11 is 0. The quantitative estimate of drug-likeness (QED) is 0.841. The predicted molar refractivity (Wildman–Crippen MR) is 74.8 cm³/mol. The second-order valence-corrected chi connectivity index (χ2v) is 5.08. The molecule has 22 heavy (non-hydrogen) atoms. The zero-order chi connectivity index (χ0) is 15.7. The number of carbonyl (C=O) groups is 1. The van der Waals surface area contributed by atoms with Crippen LogP contribution in [0.5, 0.6) is 0 Å². The van der Waals surface area contributed by atoms with Crippen LogP contribution in [0.4, 0.5) is 0 Å². The van der Waals surface area contributed by atoms with Crippen LogP contribution in [0.25, 0.3) is 11.0 Å². The van der Waals surface area contributed by atoms with Gasteiger partial charge in [-0.3, -0.25) is 9.59 Å². The molecule has 1 N–H and O–H groups in total. The molecule has 8 nitrogen and oxygen atoms in total. The first-order chi connectivity index (χ1) is 10.6. The summed E-state index contributed by atoms with van der Waals surface area (Å²) in [5.74, 6) is -0.349. The Morgan fingerprint density at radius 1 is 1.64 bits per heavy atom. The molecule has 2 aromatic heterocycles. The van der Waals surface area contributed by atoms with Gasteiger partial charge in [0.2, 0.25) is 0 Å². The van der Waals surface area contributed by atoms with E-state index in [0.717, 1.165) is 6.42 Å². The lowest BCUT2D eigenvalue weighted by Crippen LogP contribution is -2.18. The third-order valence-electron chi connectivity index (χ3n) is 3.60. The molecule has 0 amide bonds. The van der Waals surface area contributed by atoms with Gasteiger partial charge in [0.1, 0.15) is 24.3 Å². The summed E-state index contributed by atoms with van der Waals surface area (Å²) in [5, 5.41) is 9.43. The van der Waals surface area contributed by atoms with Crippen molar-refractivity contribution in [1.29, 1.82) is 5.26 Å². The van der Waals surface area contributed by atoms with E-state index in [1.54, 1.807) is 10.8 Å². The van der Waals surface area contributed by atoms with E-state index >= 15 is 0 Å². The number of rotatable bonds is 3. The van der Waals surface area contributed by atoms with Crippen molar-refractivity contribution in [3.05, 3.63) is 28.4 Å². The van der Waals surface area contributed by atoms with E-state index in [2.05, 4.69) is 9.97 Å². The largest absolute Gasteiger partial charge is 0.463 e. The molecule has 114 valence electrons. The normalized spacial score (nSPS) is 20.9. The topological polar surface area (TPSA) is 110 Å². The number of aromatic nitrogens is 3. The molecule has 0 spiro atoms. The van der Waals surface area contributed by atoms with Gasteiger partial charge >= 0.3 is 5.97 Å². The Kier molecular flexibility index (Phi) is 3.65. The summed E-state index contributed by atoms with van der Waals surface area (Å²) in [6, 6.07) is 2.00.